The van der Waals surface area contributed by atoms with E-state index in [0.29, 0.717) is 30.1 Å². The predicted molar refractivity (Wildman–Crippen MR) is 121 cm³/mol. The molecule has 0 saturated carbocycles. The molecular formula is C22H26N2O4S2. The average Bonchev–Trinajstić information content (AvgIpc) is 2.78. The monoisotopic (exact) mass is 446 g/mol. The van der Waals surface area contributed by atoms with Gasteiger partial charge in [-0.3, -0.25) is 4.79 Å². The van der Waals surface area contributed by atoms with Crippen LogP contribution in [0.5, 0.6) is 5.75 Å². The van der Waals surface area contributed by atoms with Crippen molar-refractivity contribution in [3.8, 4) is 5.75 Å². The number of thioether (sulfide) groups is 1. The number of ether oxygens (including phenoxy) is 1. The normalized spacial score (nSPS) is 15.3. The lowest BCUT2D eigenvalue weighted by Crippen LogP contribution is -2.35. The van der Waals surface area contributed by atoms with Crippen molar-refractivity contribution in [2.75, 3.05) is 31.8 Å². The van der Waals surface area contributed by atoms with Crippen LogP contribution in [0.25, 0.3) is 6.08 Å². The van der Waals surface area contributed by atoms with Crippen LogP contribution in [-0.2, 0) is 14.8 Å². The highest BCUT2D eigenvalue weighted by atomic mass is 32.2. The van der Waals surface area contributed by atoms with E-state index in [-0.39, 0.29) is 10.8 Å². The number of nitrogens with one attached hydrogen (secondary N) is 1. The highest BCUT2D eigenvalue weighted by Gasteiger charge is 2.28. The van der Waals surface area contributed by atoms with E-state index in [2.05, 4.69) is 5.32 Å². The third kappa shape index (κ3) is 5.44. The number of methoxy groups -OCH3 is 1. The number of hydrogen-bond donors (Lipinski definition) is 1. The number of carbonyl (C=O) groups excluding carboxylic acids is 1. The average molecular weight is 447 g/mol. The molecule has 1 heterocycles. The third-order valence-corrected chi connectivity index (χ3v) is 7.53. The number of anilines is 1. The van der Waals surface area contributed by atoms with Crippen molar-refractivity contribution in [2.45, 2.75) is 29.1 Å². The number of hydrogen-bond acceptors (Lipinski definition) is 5. The van der Waals surface area contributed by atoms with Gasteiger partial charge < -0.3 is 10.1 Å². The predicted octanol–water partition coefficient (Wildman–Crippen LogP) is 4.24. The molecule has 6 nitrogen and oxygen atoms in total. The van der Waals surface area contributed by atoms with E-state index in [0.717, 1.165) is 24.2 Å². The van der Waals surface area contributed by atoms with Crippen LogP contribution in [0.2, 0.25) is 0 Å². The van der Waals surface area contributed by atoms with Gasteiger partial charge in [0, 0.05) is 29.7 Å². The summed E-state index contributed by atoms with van der Waals surface area (Å²) in [6.45, 7) is 1.03. The van der Waals surface area contributed by atoms with Crippen LogP contribution in [0.3, 0.4) is 0 Å². The Morgan fingerprint density at radius 2 is 1.90 bits per heavy atom. The van der Waals surface area contributed by atoms with Crippen molar-refractivity contribution >= 4 is 39.5 Å². The molecule has 1 aliphatic rings. The molecule has 1 saturated heterocycles. The van der Waals surface area contributed by atoms with Crippen molar-refractivity contribution in [1.29, 1.82) is 0 Å². The lowest BCUT2D eigenvalue weighted by molar-refractivity contribution is -0.111. The fraction of sp³-hybridized carbons (Fsp3) is 0.318. The van der Waals surface area contributed by atoms with Gasteiger partial charge in [-0.2, -0.15) is 4.31 Å². The van der Waals surface area contributed by atoms with Gasteiger partial charge in [0.2, 0.25) is 15.9 Å². The number of amides is 1. The summed E-state index contributed by atoms with van der Waals surface area (Å²) in [5.41, 5.74) is 1.32. The second-order valence-electron chi connectivity index (χ2n) is 6.93. The van der Waals surface area contributed by atoms with E-state index < -0.39 is 10.0 Å². The number of piperidine rings is 1. The van der Waals surface area contributed by atoms with Gasteiger partial charge in [0.25, 0.3) is 0 Å². The van der Waals surface area contributed by atoms with E-state index in [4.69, 9.17) is 4.74 Å². The van der Waals surface area contributed by atoms with Crippen LogP contribution in [-0.4, -0.2) is 45.1 Å². The molecule has 0 aliphatic carbocycles. The van der Waals surface area contributed by atoms with Crippen LogP contribution in [0.1, 0.15) is 24.8 Å². The highest BCUT2D eigenvalue weighted by Crippen LogP contribution is 2.30. The molecule has 30 heavy (non-hydrogen) atoms. The first-order chi connectivity index (χ1) is 14.4. The molecule has 0 spiro atoms. The van der Waals surface area contributed by atoms with Crippen LogP contribution < -0.4 is 10.1 Å². The lowest BCUT2D eigenvalue weighted by atomic mass is 10.2. The Labute approximate surface area is 182 Å². The van der Waals surface area contributed by atoms with Gasteiger partial charge >= 0.3 is 0 Å². The minimum Gasteiger partial charge on any atom is -0.495 e. The number of nitrogens with zero attached hydrogens (tertiary/aromatic N) is 1. The molecule has 1 fully saturated rings. The summed E-state index contributed by atoms with van der Waals surface area (Å²) in [5, 5.41) is 2.82. The van der Waals surface area contributed by atoms with E-state index in [1.807, 2.05) is 30.5 Å². The number of benzene rings is 2. The smallest absolute Gasteiger partial charge is 0.248 e. The fourth-order valence-corrected chi connectivity index (χ4v) is 5.47. The first-order valence-corrected chi connectivity index (χ1v) is 12.4. The standard InChI is InChI=1S/C22H26N2O4S2/c1-28-20-11-9-17(15-21(20)30(26,27)24-13-4-3-5-14-24)10-12-22(25)23-18-7-6-8-19(16-18)29-2/h6-12,15-16H,3-5,13-14H2,1-2H3,(H,23,25)/b12-10+. The lowest BCUT2D eigenvalue weighted by Gasteiger charge is -2.26. The number of carbonyl (C=O) groups is 1. The minimum absolute atomic E-state index is 0.127. The molecule has 1 N–H and O–H groups in total. The van der Waals surface area contributed by atoms with E-state index in [1.54, 1.807) is 36.0 Å². The summed E-state index contributed by atoms with van der Waals surface area (Å²) < 4.78 is 33.0. The molecule has 0 atom stereocenters. The maximum absolute atomic E-state index is 13.1. The van der Waals surface area contributed by atoms with Gasteiger partial charge in [-0.1, -0.05) is 18.6 Å². The van der Waals surface area contributed by atoms with Gasteiger partial charge in [-0.25, -0.2) is 8.42 Å². The molecule has 0 aromatic heterocycles. The van der Waals surface area contributed by atoms with Crippen LogP contribution in [0.15, 0.2) is 58.3 Å². The van der Waals surface area contributed by atoms with E-state index >= 15 is 0 Å². The summed E-state index contributed by atoms with van der Waals surface area (Å²) in [4.78, 5) is 13.5. The molecule has 8 heteroatoms. The molecule has 0 bridgehead atoms. The Kier molecular flexibility index (Phi) is 7.58. The van der Waals surface area contributed by atoms with Crippen molar-refractivity contribution in [2.24, 2.45) is 0 Å². The van der Waals surface area contributed by atoms with Gasteiger partial charge in [0.1, 0.15) is 10.6 Å². The van der Waals surface area contributed by atoms with Gasteiger partial charge in [-0.15, -0.1) is 11.8 Å². The SMILES string of the molecule is COc1ccc(/C=C/C(=O)Nc2cccc(SC)c2)cc1S(=O)(=O)N1CCCCC1. The zero-order chi connectivity index (χ0) is 21.6. The molecule has 160 valence electrons. The number of rotatable bonds is 7. The molecule has 3 rings (SSSR count). The highest BCUT2D eigenvalue weighted by molar-refractivity contribution is 7.98. The van der Waals surface area contributed by atoms with Crippen molar-refractivity contribution in [3.63, 3.8) is 0 Å². The first-order valence-electron chi connectivity index (χ1n) is 9.75. The molecule has 1 aliphatic heterocycles. The van der Waals surface area contributed by atoms with Crippen LogP contribution >= 0.6 is 11.8 Å². The third-order valence-electron chi connectivity index (χ3n) is 4.88. The summed E-state index contributed by atoms with van der Waals surface area (Å²) in [7, 11) is -2.20. The summed E-state index contributed by atoms with van der Waals surface area (Å²) in [5.74, 6) is 0.0144. The largest absolute Gasteiger partial charge is 0.495 e. The van der Waals surface area contributed by atoms with Crippen molar-refractivity contribution < 1.29 is 17.9 Å². The fourth-order valence-electron chi connectivity index (χ4n) is 3.30. The maximum atomic E-state index is 13.1. The van der Waals surface area contributed by atoms with Gasteiger partial charge in [-0.05, 0) is 61.1 Å². The van der Waals surface area contributed by atoms with E-state index in [1.165, 1.54) is 17.5 Å². The maximum Gasteiger partial charge on any atom is 0.248 e. The first kappa shape index (κ1) is 22.4. The van der Waals surface area contributed by atoms with Crippen LogP contribution in [0, 0.1) is 0 Å². The Morgan fingerprint density at radius 3 is 2.60 bits per heavy atom. The minimum atomic E-state index is -3.65. The molecule has 1 amide bonds. The molecule has 0 unspecified atom stereocenters. The second kappa shape index (κ2) is 10.1. The van der Waals surface area contributed by atoms with Crippen molar-refractivity contribution in [1.82, 2.24) is 4.31 Å². The Morgan fingerprint density at radius 1 is 1.13 bits per heavy atom. The Balaban J connectivity index is 1.79. The number of sulfonamides is 1. The topological polar surface area (TPSA) is 75.7 Å². The quantitative estimate of drug-likeness (QED) is 0.508. The Bertz CT molecular complexity index is 1030. The van der Waals surface area contributed by atoms with Gasteiger partial charge in [0.05, 0.1) is 7.11 Å². The van der Waals surface area contributed by atoms with Gasteiger partial charge in [0.15, 0.2) is 0 Å². The molecule has 2 aromatic rings. The molecular weight excluding hydrogens is 420 g/mol. The summed E-state index contributed by atoms with van der Waals surface area (Å²) in [6.07, 6.45) is 7.73. The molecule has 2 aromatic carbocycles. The zero-order valence-electron chi connectivity index (χ0n) is 17.1. The van der Waals surface area contributed by atoms with Crippen LogP contribution in [0.4, 0.5) is 5.69 Å². The molecule has 0 radical (unpaired) electrons. The summed E-state index contributed by atoms with van der Waals surface area (Å²) >= 11 is 1.60. The Hall–Kier alpha value is -2.29. The summed E-state index contributed by atoms with van der Waals surface area (Å²) in [6, 6.07) is 12.5. The zero-order valence-corrected chi connectivity index (χ0v) is 18.8. The second-order valence-corrected chi connectivity index (χ2v) is 9.72. The van der Waals surface area contributed by atoms with Crippen molar-refractivity contribution in [3.05, 3.63) is 54.1 Å². The van der Waals surface area contributed by atoms with E-state index in [9.17, 15) is 13.2 Å².